The molecule has 3 aromatic rings. The molecule has 2 aromatic carbocycles. The van der Waals surface area contributed by atoms with E-state index in [0.717, 1.165) is 17.0 Å². The minimum Gasteiger partial charge on any atom is -0.496 e. The highest BCUT2D eigenvalue weighted by molar-refractivity contribution is 6.06. The van der Waals surface area contributed by atoms with Gasteiger partial charge in [-0.2, -0.15) is 5.10 Å². The molecule has 1 amide bonds. The Morgan fingerprint density at radius 3 is 2.58 bits per heavy atom. The van der Waals surface area contributed by atoms with Gasteiger partial charge in [0.25, 0.3) is 5.91 Å². The topological polar surface area (TPSA) is 55.0 Å². The summed E-state index contributed by atoms with van der Waals surface area (Å²) in [6.45, 7) is 0. The zero-order valence-corrected chi connectivity index (χ0v) is 14.3. The van der Waals surface area contributed by atoms with Crippen LogP contribution in [0.2, 0.25) is 0 Å². The predicted molar refractivity (Wildman–Crippen MR) is 98.2 cm³/mol. The van der Waals surface area contributed by atoms with Gasteiger partial charge in [-0.3, -0.25) is 4.79 Å². The first-order valence-electron chi connectivity index (χ1n) is 8.41. The number of hydrazone groups is 1. The van der Waals surface area contributed by atoms with Gasteiger partial charge < -0.3 is 9.15 Å². The fourth-order valence-corrected chi connectivity index (χ4v) is 3.16. The highest BCUT2D eigenvalue weighted by Gasteiger charge is 2.36. The Bertz CT molecular complexity index is 933. The number of hydrogen-bond acceptors (Lipinski definition) is 4. The second kappa shape index (κ2) is 6.88. The van der Waals surface area contributed by atoms with E-state index in [-0.39, 0.29) is 11.9 Å². The number of amides is 1. The highest BCUT2D eigenvalue weighted by atomic mass is 16.5. The van der Waals surface area contributed by atoms with Crippen molar-refractivity contribution in [2.45, 2.75) is 12.5 Å². The van der Waals surface area contributed by atoms with Gasteiger partial charge in [0.2, 0.25) is 0 Å². The first-order valence-corrected chi connectivity index (χ1v) is 8.41. The van der Waals surface area contributed by atoms with Crippen LogP contribution in [0.3, 0.4) is 0 Å². The summed E-state index contributed by atoms with van der Waals surface area (Å²) in [5.74, 6) is 1.29. The van der Waals surface area contributed by atoms with Gasteiger partial charge in [0, 0.05) is 17.5 Å². The second-order valence-corrected chi connectivity index (χ2v) is 6.00. The minimum absolute atomic E-state index is 0.156. The van der Waals surface area contributed by atoms with Gasteiger partial charge in [0.1, 0.15) is 17.6 Å². The molecule has 0 radical (unpaired) electrons. The zero-order valence-electron chi connectivity index (χ0n) is 14.3. The summed E-state index contributed by atoms with van der Waals surface area (Å²) in [7, 11) is 1.63. The van der Waals surface area contributed by atoms with Gasteiger partial charge in [-0.05, 0) is 36.4 Å². The van der Waals surface area contributed by atoms with Crippen LogP contribution in [0.25, 0.3) is 0 Å². The average molecular weight is 346 g/mol. The minimum atomic E-state index is -0.280. The van der Waals surface area contributed by atoms with Crippen LogP contribution in [0.5, 0.6) is 5.75 Å². The van der Waals surface area contributed by atoms with Gasteiger partial charge in [-0.1, -0.05) is 30.3 Å². The lowest BCUT2D eigenvalue weighted by atomic mass is 10.0. The fraction of sp³-hybridized carbons (Fsp3) is 0.143. The summed E-state index contributed by atoms with van der Waals surface area (Å²) in [5, 5.41) is 6.15. The van der Waals surface area contributed by atoms with Crippen molar-refractivity contribution in [1.82, 2.24) is 5.01 Å². The summed E-state index contributed by atoms with van der Waals surface area (Å²) >= 11 is 0. The number of carbonyl (C=O) groups excluding carboxylic acids is 1. The Labute approximate surface area is 151 Å². The smallest absolute Gasteiger partial charge is 0.274 e. The van der Waals surface area contributed by atoms with Gasteiger partial charge in [-0.25, -0.2) is 5.01 Å². The molecule has 0 saturated carbocycles. The van der Waals surface area contributed by atoms with Crippen LogP contribution in [0.4, 0.5) is 0 Å². The molecule has 130 valence electrons. The molecule has 26 heavy (non-hydrogen) atoms. The fourth-order valence-electron chi connectivity index (χ4n) is 3.16. The predicted octanol–water partition coefficient (Wildman–Crippen LogP) is 4.28. The Morgan fingerprint density at radius 2 is 1.85 bits per heavy atom. The first-order chi connectivity index (χ1) is 12.8. The molecule has 5 nitrogen and oxygen atoms in total. The van der Waals surface area contributed by atoms with Crippen LogP contribution in [-0.2, 0) is 0 Å². The molecule has 0 unspecified atom stereocenters. The lowest BCUT2D eigenvalue weighted by Gasteiger charge is -2.19. The van der Waals surface area contributed by atoms with Crippen LogP contribution in [0.1, 0.15) is 34.1 Å². The van der Waals surface area contributed by atoms with E-state index in [0.29, 0.717) is 17.7 Å². The normalized spacial score (nSPS) is 16.4. The summed E-state index contributed by atoms with van der Waals surface area (Å²) < 4.78 is 11.0. The number of ether oxygens (including phenoxy) is 1. The molecule has 1 atom stereocenters. The summed E-state index contributed by atoms with van der Waals surface area (Å²) in [5.41, 5.74) is 2.28. The maximum Gasteiger partial charge on any atom is 0.274 e. The number of nitrogens with zero attached hydrogens (tertiary/aromatic N) is 2. The van der Waals surface area contributed by atoms with Gasteiger partial charge in [0.05, 0.1) is 19.1 Å². The number of furan rings is 1. The first kappa shape index (κ1) is 16.1. The van der Waals surface area contributed by atoms with E-state index in [1.165, 1.54) is 5.01 Å². The Hall–Kier alpha value is -3.34. The summed E-state index contributed by atoms with van der Waals surface area (Å²) in [6, 6.07) is 20.3. The second-order valence-electron chi connectivity index (χ2n) is 6.00. The van der Waals surface area contributed by atoms with Crippen LogP contribution in [-0.4, -0.2) is 23.7 Å². The third kappa shape index (κ3) is 2.88. The van der Waals surface area contributed by atoms with Crippen LogP contribution in [0, 0.1) is 0 Å². The van der Waals surface area contributed by atoms with Crippen molar-refractivity contribution in [3.8, 4) is 5.75 Å². The van der Waals surface area contributed by atoms with Crippen molar-refractivity contribution in [2.24, 2.45) is 5.10 Å². The van der Waals surface area contributed by atoms with Crippen molar-refractivity contribution < 1.29 is 13.9 Å². The summed E-state index contributed by atoms with van der Waals surface area (Å²) in [4.78, 5) is 13.0. The molecule has 0 aliphatic carbocycles. The molecular weight excluding hydrogens is 328 g/mol. The van der Waals surface area contributed by atoms with E-state index in [9.17, 15) is 4.79 Å². The van der Waals surface area contributed by atoms with Gasteiger partial charge in [0.15, 0.2) is 0 Å². The third-order valence-electron chi connectivity index (χ3n) is 4.43. The van der Waals surface area contributed by atoms with Crippen LogP contribution < -0.4 is 4.74 Å². The summed E-state index contributed by atoms with van der Waals surface area (Å²) in [6.07, 6.45) is 2.17. The lowest BCUT2D eigenvalue weighted by molar-refractivity contribution is 0.0693. The number of benzene rings is 2. The van der Waals surface area contributed by atoms with E-state index < -0.39 is 0 Å². The van der Waals surface area contributed by atoms with Crippen molar-refractivity contribution in [3.05, 3.63) is 89.9 Å². The molecule has 0 fully saturated rings. The van der Waals surface area contributed by atoms with Crippen molar-refractivity contribution in [2.75, 3.05) is 7.11 Å². The van der Waals surface area contributed by atoms with E-state index in [2.05, 4.69) is 5.10 Å². The van der Waals surface area contributed by atoms with Gasteiger partial charge >= 0.3 is 0 Å². The largest absolute Gasteiger partial charge is 0.496 e. The van der Waals surface area contributed by atoms with E-state index >= 15 is 0 Å². The highest BCUT2D eigenvalue weighted by Crippen LogP contribution is 2.35. The third-order valence-corrected chi connectivity index (χ3v) is 4.43. The average Bonchev–Trinajstić information content (AvgIpc) is 3.37. The Kier molecular flexibility index (Phi) is 4.27. The molecule has 0 saturated heterocycles. The van der Waals surface area contributed by atoms with Crippen molar-refractivity contribution in [3.63, 3.8) is 0 Å². The number of para-hydroxylation sites is 1. The van der Waals surface area contributed by atoms with Crippen LogP contribution in [0.15, 0.2) is 82.5 Å². The number of rotatable bonds is 4. The number of methoxy groups -OCH3 is 1. The van der Waals surface area contributed by atoms with Gasteiger partial charge in [-0.15, -0.1) is 0 Å². The standard InChI is InChI=1S/C21H18N2O3/c1-25-19-11-6-5-10-16(19)17-14-18(20-12-7-13-26-20)23(22-17)21(24)15-8-3-2-4-9-15/h2-13,18H,14H2,1H3/t18-/m1/s1. The molecule has 0 bridgehead atoms. The molecule has 5 heteroatoms. The monoisotopic (exact) mass is 346 g/mol. The Balaban J connectivity index is 1.75. The number of carbonyl (C=O) groups is 1. The number of hydrogen-bond donors (Lipinski definition) is 0. The lowest BCUT2D eigenvalue weighted by Crippen LogP contribution is -2.26. The molecule has 2 heterocycles. The quantitative estimate of drug-likeness (QED) is 0.708. The molecule has 0 N–H and O–H groups in total. The van der Waals surface area contributed by atoms with E-state index in [1.807, 2.05) is 54.6 Å². The van der Waals surface area contributed by atoms with E-state index in [4.69, 9.17) is 9.15 Å². The molecule has 1 aliphatic heterocycles. The SMILES string of the molecule is COc1ccccc1C1=NN(C(=O)c2ccccc2)[C@@H](c2ccco2)C1. The molecular formula is C21H18N2O3. The molecule has 0 spiro atoms. The van der Waals surface area contributed by atoms with Crippen molar-refractivity contribution >= 4 is 11.6 Å². The maximum absolute atomic E-state index is 13.0. The maximum atomic E-state index is 13.0. The zero-order chi connectivity index (χ0) is 17.9. The Morgan fingerprint density at radius 1 is 1.08 bits per heavy atom. The van der Waals surface area contributed by atoms with Crippen molar-refractivity contribution in [1.29, 1.82) is 0 Å². The molecule has 1 aromatic heterocycles. The van der Waals surface area contributed by atoms with Crippen LogP contribution >= 0.6 is 0 Å². The molecule has 1 aliphatic rings. The molecule has 4 rings (SSSR count). The van der Waals surface area contributed by atoms with E-state index in [1.54, 1.807) is 25.5 Å².